The number of nitrogens with zero attached hydrogens (tertiary/aromatic N) is 1. The van der Waals surface area contributed by atoms with E-state index >= 15 is 0 Å². The molecule has 6 heteroatoms. The van der Waals surface area contributed by atoms with Crippen LogP contribution in [0.15, 0.2) is 40.9 Å². The number of H-pyrrole nitrogens is 2. The predicted molar refractivity (Wildman–Crippen MR) is 92.0 cm³/mol. The molecule has 0 saturated carbocycles. The molecule has 2 N–H and O–H groups in total. The van der Waals surface area contributed by atoms with Gasteiger partial charge in [0.1, 0.15) is 11.5 Å². The summed E-state index contributed by atoms with van der Waals surface area (Å²) in [5, 5.41) is 0. The number of hydrogen-bond acceptors (Lipinski definition) is 4. The number of rotatable bonds is 4. The quantitative estimate of drug-likeness (QED) is 0.848. The highest BCUT2D eigenvalue weighted by molar-refractivity contribution is 6.11. The second-order valence-corrected chi connectivity index (χ2v) is 5.48. The van der Waals surface area contributed by atoms with Gasteiger partial charge in [-0.05, 0) is 37.6 Å². The predicted octanol–water partition coefficient (Wildman–Crippen LogP) is 3.12. The van der Waals surface area contributed by atoms with Crippen molar-refractivity contribution in [3.05, 3.63) is 64.1 Å². The molecule has 3 rings (SSSR count). The van der Waals surface area contributed by atoms with E-state index in [4.69, 9.17) is 9.47 Å². The minimum absolute atomic E-state index is 0.351. The first-order chi connectivity index (χ1) is 11.5. The molecule has 0 spiro atoms. The van der Waals surface area contributed by atoms with Crippen LogP contribution < -0.4 is 0 Å². The Bertz CT molecular complexity index is 868. The van der Waals surface area contributed by atoms with Gasteiger partial charge in [0, 0.05) is 23.7 Å². The SMILES string of the molecule is COC(=O)c1c(C)[nH]c(/C=C2\N=C(c3ccc[nH]3)C=C2OC)c1C. The molecular weight excluding hydrogens is 306 g/mol. The average Bonchev–Trinajstić information content (AvgIpc) is 3.27. The van der Waals surface area contributed by atoms with Gasteiger partial charge in [0.15, 0.2) is 0 Å². The van der Waals surface area contributed by atoms with Crippen molar-refractivity contribution in [1.82, 2.24) is 9.97 Å². The molecule has 24 heavy (non-hydrogen) atoms. The Morgan fingerprint density at radius 3 is 2.71 bits per heavy atom. The fourth-order valence-electron chi connectivity index (χ4n) is 2.77. The summed E-state index contributed by atoms with van der Waals surface area (Å²) in [4.78, 5) is 22.9. The number of aromatic nitrogens is 2. The van der Waals surface area contributed by atoms with E-state index in [1.807, 2.05) is 44.3 Å². The lowest BCUT2D eigenvalue weighted by Crippen LogP contribution is -2.03. The second-order valence-electron chi connectivity index (χ2n) is 5.48. The fraction of sp³-hybridized carbons (Fsp3) is 0.222. The summed E-state index contributed by atoms with van der Waals surface area (Å²) in [6.45, 7) is 3.72. The zero-order valence-corrected chi connectivity index (χ0v) is 14.1. The van der Waals surface area contributed by atoms with E-state index in [-0.39, 0.29) is 5.97 Å². The third-order valence-electron chi connectivity index (χ3n) is 4.00. The topological polar surface area (TPSA) is 79.5 Å². The third kappa shape index (κ3) is 2.67. The van der Waals surface area contributed by atoms with Crippen molar-refractivity contribution in [2.45, 2.75) is 13.8 Å². The van der Waals surface area contributed by atoms with Crippen molar-refractivity contribution in [2.24, 2.45) is 4.99 Å². The summed E-state index contributed by atoms with van der Waals surface area (Å²) >= 11 is 0. The molecule has 0 aromatic carbocycles. The monoisotopic (exact) mass is 325 g/mol. The van der Waals surface area contributed by atoms with Crippen LogP contribution >= 0.6 is 0 Å². The van der Waals surface area contributed by atoms with Gasteiger partial charge >= 0.3 is 5.97 Å². The Morgan fingerprint density at radius 2 is 2.08 bits per heavy atom. The Labute approximate surface area is 139 Å². The Kier molecular flexibility index (Phi) is 4.12. The molecule has 0 unspecified atom stereocenters. The van der Waals surface area contributed by atoms with Crippen LogP contribution in [0, 0.1) is 13.8 Å². The van der Waals surface area contributed by atoms with Crippen LogP contribution in [0.5, 0.6) is 0 Å². The molecule has 1 aliphatic rings. The highest BCUT2D eigenvalue weighted by Gasteiger charge is 2.21. The number of aryl methyl sites for hydroxylation is 1. The van der Waals surface area contributed by atoms with Crippen molar-refractivity contribution >= 4 is 17.8 Å². The minimum Gasteiger partial charge on any atom is -0.494 e. The van der Waals surface area contributed by atoms with Gasteiger partial charge in [-0.1, -0.05) is 0 Å². The maximum atomic E-state index is 11.9. The molecule has 0 radical (unpaired) electrons. The van der Waals surface area contributed by atoms with E-state index in [1.54, 1.807) is 7.11 Å². The van der Waals surface area contributed by atoms with Gasteiger partial charge in [0.2, 0.25) is 0 Å². The van der Waals surface area contributed by atoms with Crippen LogP contribution in [-0.4, -0.2) is 35.9 Å². The molecule has 124 valence electrons. The number of allylic oxidation sites excluding steroid dienone is 1. The van der Waals surface area contributed by atoms with E-state index in [0.717, 1.165) is 28.4 Å². The van der Waals surface area contributed by atoms with E-state index in [1.165, 1.54) is 7.11 Å². The molecule has 0 aliphatic carbocycles. The van der Waals surface area contributed by atoms with Crippen LogP contribution in [0.3, 0.4) is 0 Å². The minimum atomic E-state index is -0.351. The first-order valence-corrected chi connectivity index (χ1v) is 7.52. The van der Waals surface area contributed by atoms with Crippen molar-refractivity contribution in [3.8, 4) is 0 Å². The Balaban J connectivity index is 2.03. The van der Waals surface area contributed by atoms with Gasteiger partial charge in [-0.2, -0.15) is 0 Å². The normalized spacial score (nSPS) is 15.4. The van der Waals surface area contributed by atoms with Crippen LogP contribution in [0.2, 0.25) is 0 Å². The summed E-state index contributed by atoms with van der Waals surface area (Å²) < 4.78 is 10.3. The lowest BCUT2D eigenvalue weighted by atomic mass is 10.1. The van der Waals surface area contributed by atoms with Gasteiger partial charge in [0.05, 0.1) is 31.2 Å². The number of methoxy groups -OCH3 is 2. The summed E-state index contributed by atoms with van der Waals surface area (Å²) in [6.07, 6.45) is 5.60. The number of carbonyl (C=O) groups is 1. The first kappa shape index (κ1) is 15.9. The maximum absolute atomic E-state index is 11.9. The molecule has 0 fully saturated rings. The first-order valence-electron chi connectivity index (χ1n) is 7.52. The van der Waals surface area contributed by atoms with E-state index in [9.17, 15) is 4.79 Å². The maximum Gasteiger partial charge on any atom is 0.339 e. The van der Waals surface area contributed by atoms with Gasteiger partial charge < -0.3 is 19.4 Å². The largest absolute Gasteiger partial charge is 0.494 e. The van der Waals surface area contributed by atoms with E-state index in [2.05, 4.69) is 15.0 Å². The molecule has 2 aromatic rings. The zero-order valence-electron chi connectivity index (χ0n) is 14.1. The number of nitrogens with one attached hydrogen (secondary N) is 2. The van der Waals surface area contributed by atoms with Crippen molar-refractivity contribution in [2.75, 3.05) is 14.2 Å². The van der Waals surface area contributed by atoms with Crippen LogP contribution in [-0.2, 0) is 9.47 Å². The molecular formula is C18H19N3O3. The van der Waals surface area contributed by atoms with Gasteiger partial charge in [-0.25, -0.2) is 9.79 Å². The number of aromatic amines is 2. The van der Waals surface area contributed by atoms with Gasteiger partial charge in [-0.3, -0.25) is 0 Å². The average molecular weight is 325 g/mol. The summed E-state index contributed by atoms with van der Waals surface area (Å²) in [5.41, 5.74) is 5.37. The molecule has 0 amide bonds. The highest BCUT2D eigenvalue weighted by Crippen LogP contribution is 2.27. The number of hydrogen-bond donors (Lipinski definition) is 2. The fourth-order valence-corrected chi connectivity index (χ4v) is 2.77. The van der Waals surface area contributed by atoms with Crippen LogP contribution in [0.25, 0.3) is 6.08 Å². The van der Waals surface area contributed by atoms with E-state index < -0.39 is 0 Å². The standard InChI is InChI=1S/C18H19N3O3/c1-10-13(20-11(2)17(10)18(22)24-4)8-15-16(23-3)9-14(21-15)12-6-5-7-19-12/h5-9,19-20H,1-4H3/b15-8-. The molecule has 1 aliphatic heterocycles. The summed E-state index contributed by atoms with van der Waals surface area (Å²) in [6, 6.07) is 3.87. The van der Waals surface area contributed by atoms with Crippen molar-refractivity contribution in [1.29, 1.82) is 0 Å². The Morgan fingerprint density at radius 1 is 1.29 bits per heavy atom. The summed E-state index contributed by atoms with van der Waals surface area (Å²) in [7, 11) is 2.99. The molecule has 3 heterocycles. The number of ether oxygens (including phenoxy) is 2. The lowest BCUT2D eigenvalue weighted by Gasteiger charge is -2.02. The van der Waals surface area contributed by atoms with Crippen molar-refractivity contribution in [3.63, 3.8) is 0 Å². The molecule has 0 atom stereocenters. The Hall–Kier alpha value is -3.02. The number of carbonyl (C=O) groups excluding carboxylic acids is 1. The third-order valence-corrected chi connectivity index (χ3v) is 4.00. The van der Waals surface area contributed by atoms with Gasteiger partial charge in [-0.15, -0.1) is 0 Å². The molecule has 6 nitrogen and oxygen atoms in total. The number of esters is 1. The number of aliphatic imine (C=N–C) groups is 1. The van der Waals surface area contributed by atoms with Crippen LogP contribution in [0.4, 0.5) is 0 Å². The zero-order chi connectivity index (χ0) is 17.3. The molecule has 0 saturated heterocycles. The molecule has 0 bridgehead atoms. The van der Waals surface area contributed by atoms with E-state index in [0.29, 0.717) is 17.0 Å². The molecule has 2 aromatic heterocycles. The van der Waals surface area contributed by atoms with Crippen molar-refractivity contribution < 1.29 is 14.3 Å². The smallest absolute Gasteiger partial charge is 0.339 e. The second kappa shape index (κ2) is 6.23. The summed E-state index contributed by atoms with van der Waals surface area (Å²) in [5.74, 6) is 0.321. The lowest BCUT2D eigenvalue weighted by molar-refractivity contribution is 0.0599. The highest BCUT2D eigenvalue weighted by atomic mass is 16.5. The van der Waals surface area contributed by atoms with Crippen LogP contribution in [0.1, 0.15) is 33.0 Å². The van der Waals surface area contributed by atoms with Gasteiger partial charge in [0.25, 0.3) is 0 Å².